The lowest BCUT2D eigenvalue weighted by Crippen LogP contribution is -2.27. The van der Waals surface area contributed by atoms with Crippen molar-refractivity contribution in [2.45, 2.75) is 13.1 Å². The topological polar surface area (TPSA) is 72.7 Å². The quantitative estimate of drug-likeness (QED) is 0.578. The van der Waals surface area contributed by atoms with Crippen molar-refractivity contribution >= 4 is 23.2 Å². The van der Waals surface area contributed by atoms with Gasteiger partial charge in [0.15, 0.2) is 0 Å². The summed E-state index contributed by atoms with van der Waals surface area (Å²) in [5, 5.41) is 11.2. The lowest BCUT2D eigenvalue weighted by molar-refractivity contribution is -0.384. The van der Waals surface area contributed by atoms with E-state index in [2.05, 4.69) is 0 Å². The zero-order valence-electron chi connectivity index (χ0n) is 13.0. The van der Waals surface area contributed by atoms with E-state index in [1.165, 1.54) is 31.2 Å². The van der Waals surface area contributed by atoms with E-state index in [1.807, 2.05) is 0 Å². The van der Waals surface area contributed by atoms with Gasteiger partial charge in [-0.05, 0) is 31.2 Å². The van der Waals surface area contributed by atoms with Gasteiger partial charge >= 0.3 is 12.3 Å². The normalized spacial score (nSPS) is 11.0. The average molecular weight is 354 g/mol. The third-order valence-corrected chi connectivity index (χ3v) is 3.20. The minimum atomic E-state index is -4.63. The van der Waals surface area contributed by atoms with Crippen molar-refractivity contribution in [2.24, 2.45) is 0 Å². The molecule has 6 nitrogen and oxygen atoms in total. The van der Waals surface area contributed by atoms with Gasteiger partial charge in [0.25, 0.3) is 5.69 Å². The first-order valence-electron chi connectivity index (χ1n) is 7.13. The molecule has 0 atom stereocenters. The number of carbonyl (C=O) groups excluding carboxylic acids is 1. The number of alkyl halides is 3. The second-order valence-electron chi connectivity index (χ2n) is 4.83. The van der Waals surface area contributed by atoms with Gasteiger partial charge in [-0.3, -0.25) is 10.1 Å². The van der Waals surface area contributed by atoms with E-state index in [4.69, 9.17) is 4.74 Å². The summed E-state index contributed by atoms with van der Waals surface area (Å²) in [6.07, 6.45) is -5.64. The maximum Gasteiger partial charge on any atom is 0.419 e. The fourth-order valence-electron chi connectivity index (χ4n) is 2.16. The van der Waals surface area contributed by atoms with Crippen LogP contribution in [0, 0.1) is 10.1 Å². The predicted molar refractivity (Wildman–Crippen MR) is 83.7 cm³/mol. The molecule has 25 heavy (non-hydrogen) atoms. The van der Waals surface area contributed by atoms with E-state index in [1.54, 1.807) is 0 Å². The van der Waals surface area contributed by atoms with Gasteiger partial charge in [-0.1, -0.05) is 18.2 Å². The van der Waals surface area contributed by atoms with E-state index >= 15 is 0 Å². The zero-order chi connectivity index (χ0) is 18.6. The number of para-hydroxylation sites is 2. The largest absolute Gasteiger partial charge is 0.449 e. The number of nitro benzene ring substituents is 1. The minimum absolute atomic E-state index is 0.0467. The van der Waals surface area contributed by atoms with Gasteiger partial charge in [-0.2, -0.15) is 13.2 Å². The molecule has 132 valence electrons. The summed E-state index contributed by atoms with van der Waals surface area (Å²) >= 11 is 0. The Balaban J connectivity index is 2.63. The highest BCUT2D eigenvalue weighted by Crippen LogP contribution is 2.37. The molecule has 0 saturated carbocycles. The number of anilines is 2. The van der Waals surface area contributed by atoms with Gasteiger partial charge in [0.1, 0.15) is 5.69 Å². The standard InChI is InChI=1S/C16H13F3N2O4/c1-2-25-15(22)20(13-8-3-4-9-14(13)21(23)24)12-7-5-6-11(10-12)16(17,18)19/h3-10H,2H2,1H3. The van der Waals surface area contributed by atoms with Crippen LogP contribution in [0.3, 0.4) is 0 Å². The third-order valence-electron chi connectivity index (χ3n) is 3.20. The minimum Gasteiger partial charge on any atom is -0.449 e. The van der Waals surface area contributed by atoms with Crippen molar-refractivity contribution in [2.75, 3.05) is 11.5 Å². The molecule has 9 heteroatoms. The number of nitrogens with zero attached hydrogens (tertiary/aromatic N) is 2. The Morgan fingerprint density at radius 2 is 1.88 bits per heavy atom. The van der Waals surface area contributed by atoms with Gasteiger partial charge < -0.3 is 4.74 Å². The van der Waals surface area contributed by atoms with E-state index in [-0.39, 0.29) is 18.0 Å². The van der Waals surface area contributed by atoms with Crippen LogP contribution < -0.4 is 4.90 Å². The van der Waals surface area contributed by atoms with Crippen LogP contribution in [0.1, 0.15) is 12.5 Å². The van der Waals surface area contributed by atoms with E-state index < -0.39 is 28.4 Å². The SMILES string of the molecule is CCOC(=O)N(c1cccc(C(F)(F)F)c1)c1ccccc1[N+](=O)[O-]. The van der Waals surface area contributed by atoms with Gasteiger partial charge in [-0.15, -0.1) is 0 Å². The molecule has 0 heterocycles. The predicted octanol–water partition coefficient (Wildman–Crippen LogP) is 4.91. The first kappa shape index (κ1) is 18.2. The molecule has 0 aliphatic carbocycles. The Labute approximate surface area is 140 Å². The number of amides is 1. The van der Waals surface area contributed by atoms with E-state index in [9.17, 15) is 28.1 Å². The Kier molecular flexibility index (Phi) is 5.26. The maximum absolute atomic E-state index is 12.9. The Morgan fingerprint density at radius 1 is 1.20 bits per heavy atom. The smallest absolute Gasteiger partial charge is 0.419 e. The van der Waals surface area contributed by atoms with Crippen molar-refractivity contribution < 1.29 is 27.6 Å². The molecule has 2 aromatic rings. The number of rotatable bonds is 4. The van der Waals surface area contributed by atoms with Gasteiger partial charge in [-0.25, -0.2) is 9.69 Å². The lowest BCUT2D eigenvalue weighted by Gasteiger charge is -2.22. The molecule has 0 unspecified atom stereocenters. The number of nitro groups is 1. The number of hydrogen-bond acceptors (Lipinski definition) is 4. The highest BCUT2D eigenvalue weighted by Gasteiger charge is 2.33. The summed E-state index contributed by atoms with van der Waals surface area (Å²) in [5.74, 6) is 0. The lowest BCUT2D eigenvalue weighted by atomic mass is 10.1. The number of benzene rings is 2. The molecule has 0 N–H and O–H groups in total. The molecule has 0 aromatic heterocycles. The van der Waals surface area contributed by atoms with Crippen LogP contribution in [0.15, 0.2) is 48.5 Å². The summed E-state index contributed by atoms with van der Waals surface area (Å²) in [4.78, 5) is 23.5. The Hall–Kier alpha value is -3.10. The van der Waals surface area contributed by atoms with E-state index in [0.29, 0.717) is 0 Å². The van der Waals surface area contributed by atoms with Gasteiger partial charge in [0.2, 0.25) is 0 Å². The van der Waals surface area contributed by atoms with Crippen LogP contribution in [0.5, 0.6) is 0 Å². The fraction of sp³-hybridized carbons (Fsp3) is 0.188. The van der Waals surface area contributed by atoms with Crippen molar-refractivity contribution in [3.63, 3.8) is 0 Å². The van der Waals surface area contributed by atoms with Crippen molar-refractivity contribution in [3.8, 4) is 0 Å². The Bertz CT molecular complexity index is 793. The fourth-order valence-corrected chi connectivity index (χ4v) is 2.16. The second kappa shape index (κ2) is 7.20. The zero-order valence-corrected chi connectivity index (χ0v) is 13.0. The van der Waals surface area contributed by atoms with Crippen LogP contribution in [0.2, 0.25) is 0 Å². The molecule has 2 rings (SSSR count). The maximum atomic E-state index is 12.9. The highest BCUT2D eigenvalue weighted by atomic mass is 19.4. The summed E-state index contributed by atoms with van der Waals surface area (Å²) in [6.45, 7) is 1.47. The average Bonchev–Trinajstić information content (AvgIpc) is 2.55. The molecule has 0 aliphatic rings. The number of halogens is 3. The van der Waals surface area contributed by atoms with Crippen LogP contribution in [0.4, 0.5) is 35.0 Å². The molecular formula is C16H13F3N2O4. The molecule has 0 spiro atoms. The van der Waals surface area contributed by atoms with Crippen molar-refractivity contribution in [1.29, 1.82) is 0 Å². The highest BCUT2D eigenvalue weighted by molar-refractivity contribution is 5.98. The molecule has 0 fully saturated rings. The summed E-state index contributed by atoms with van der Waals surface area (Å²) < 4.78 is 43.7. The third kappa shape index (κ3) is 4.06. The molecule has 0 bridgehead atoms. The van der Waals surface area contributed by atoms with Crippen molar-refractivity contribution in [3.05, 3.63) is 64.2 Å². The first-order chi connectivity index (χ1) is 11.8. The van der Waals surface area contributed by atoms with Crippen LogP contribution in [-0.4, -0.2) is 17.6 Å². The van der Waals surface area contributed by atoms with Gasteiger partial charge in [0.05, 0.1) is 22.8 Å². The van der Waals surface area contributed by atoms with Crippen LogP contribution in [-0.2, 0) is 10.9 Å². The van der Waals surface area contributed by atoms with Crippen molar-refractivity contribution in [1.82, 2.24) is 0 Å². The number of carbonyl (C=O) groups is 1. The molecule has 0 radical (unpaired) electrons. The number of hydrogen-bond donors (Lipinski definition) is 0. The van der Waals surface area contributed by atoms with Crippen LogP contribution in [0.25, 0.3) is 0 Å². The molecule has 2 aromatic carbocycles. The Morgan fingerprint density at radius 3 is 2.48 bits per heavy atom. The molecule has 0 aliphatic heterocycles. The second-order valence-corrected chi connectivity index (χ2v) is 4.83. The number of ether oxygens (including phenoxy) is 1. The first-order valence-corrected chi connectivity index (χ1v) is 7.13. The summed E-state index contributed by atoms with van der Waals surface area (Å²) in [5.41, 5.74) is -1.81. The summed E-state index contributed by atoms with van der Waals surface area (Å²) in [6, 6.07) is 9.14. The molecule has 1 amide bonds. The monoisotopic (exact) mass is 354 g/mol. The molecular weight excluding hydrogens is 341 g/mol. The summed E-state index contributed by atoms with van der Waals surface area (Å²) in [7, 11) is 0. The van der Waals surface area contributed by atoms with E-state index in [0.717, 1.165) is 29.2 Å². The van der Waals surface area contributed by atoms with Crippen LogP contribution >= 0.6 is 0 Å². The molecule has 0 saturated heterocycles. The van der Waals surface area contributed by atoms with Gasteiger partial charge in [0, 0.05) is 6.07 Å².